The van der Waals surface area contributed by atoms with Crippen molar-refractivity contribution in [2.45, 2.75) is 13.0 Å². The first-order chi connectivity index (χ1) is 8.17. The fourth-order valence-electron chi connectivity index (χ4n) is 2.45. The van der Waals surface area contributed by atoms with Crippen LogP contribution in [0, 0.1) is 11.7 Å². The number of nitrogen functional groups attached to an aromatic ring is 1. The lowest BCUT2D eigenvalue weighted by Crippen LogP contribution is -2.21. The molecule has 0 amide bonds. The predicted octanol–water partition coefficient (Wildman–Crippen LogP) is 1.88. The molecule has 1 unspecified atom stereocenters. The van der Waals surface area contributed by atoms with E-state index in [1.54, 1.807) is 13.2 Å². The Labute approximate surface area is 101 Å². The molecule has 1 heterocycles. The molecule has 4 heteroatoms. The molecule has 0 bridgehead atoms. The van der Waals surface area contributed by atoms with Gasteiger partial charge in [-0.1, -0.05) is 0 Å². The van der Waals surface area contributed by atoms with E-state index in [1.165, 1.54) is 6.07 Å². The van der Waals surface area contributed by atoms with Gasteiger partial charge in [0.05, 0.1) is 6.61 Å². The fourth-order valence-corrected chi connectivity index (χ4v) is 2.45. The predicted molar refractivity (Wildman–Crippen MR) is 66.1 cm³/mol. The Hall–Kier alpha value is -1.13. The van der Waals surface area contributed by atoms with Gasteiger partial charge in [-0.05, 0) is 42.6 Å². The summed E-state index contributed by atoms with van der Waals surface area (Å²) in [5, 5.41) is 0. The topological polar surface area (TPSA) is 38.5 Å². The summed E-state index contributed by atoms with van der Waals surface area (Å²) < 4.78 is 18.3. The van der Waals surface area contributed by atoms with Crippen LogP contribution < -0.4 is 5.73 Å². The van der Waals surface area contributed by atoms with E-state index in [0.29, 0.717) is 11.6 Å². The van der Waals surface area contributed by atoms with E-state index >= 15 is 0 Å². The lowest BCUT2D eigenvalue weighted by atomic mass is 10.1. The van der Waals surface area contributed by atoms with Crippen LogP contribution in [0.25, 0.3) is 0 Å². The van der Waals surface area contributed by atoms with Crippen LogP contribution in [0.1, 0.15) is 12.0 Å². The van der Waals surface area contributed by atoms with Gasteiger partial charge in [0.1, 0.15) is 5.82 Å². The quantitative estimate of drug-likeness (QED) is 0.814. The molecule has 1 saturated heterocycles. The van der Waals surface area contributed by atoms with Crippen molar-refractivity contribution in [1.29, 1.82) is 0 Å². The first-order valence-electron chi connectivity index (χ1n) is 5.93. The molecule has 1 aromatic rings. The molecular formula is C13H19FN2O. The number of methoxy groups -OCH3 is 1. The van der Waals surface area contributed by atoms with Crippen LogP contribution in [0.3, 0.4) is 0 Å². The van der Waals surface area contributed by atoms with Gasteiger partial charge in [0.15, 0.2) is 0 Å². The summed E-state index contributed by atoms with van der Waals surface area (Å²) in [6, 6.07) is 4.74. The van der Waals surface area contributed by atoms with Crippen molar-refractivity contribution in [1.82, 2.24) is 4.90 Å². The summed E-state index contributed by atoms with van der Waals surface area (Å²) in [6.45, 7) is 3.64. The number of nitrogens with zero attached hydrogens (tertiary/aromatic N) is 1. The zero-order valence-electron chi connectivity index (χ0n) is 10.2. The lowest BCUT2D eigenvalue weighted by molar-refractivity contribution is 0.152. The Bertz CT molecular complexity index is 363. The van der Waals surface area contributed by atoms with Crippen LogP contribution in [0.15, 0.2) is 18.2 Å². The Morgan fingerprint density at radius 2 is 2.29 bits per heavy atom. The van der Waals surface area contributed by atoms with E-state index in [1.807, 2.05) is 6.07 Å². The van der Waals surface area contributed by atoms with Gasteiger partial charge in [-0.2, -0.15) is 0 Å². The van der Waals surface area contributed by atoms with Crippen LogP contribution in [-0.4, -0.2) is 31.7 Å². The molecule has 0 aliphatic carbocycles. The number of anilines is 1. The number of hydrogen-bond donors (Lipinski definition) is 1. The van der Waals surface area contributed by atoms with Gasteiger partial charge in [-0.3, -0.25) is 4.90 Å². The van der Waals surface area contributed by atoms with Gasteiger partial charge in [-0.25, -0.2) is 4.39 Å². The normalized spacial score (nSPS) is 20.9. The molecule has 94 valence electrons. The maximum Gasteiger partial charge on any atom is 0.125 e. The van der Waals surface area contributed by atoms with Crippen molar-refractivity contribution < 1.29 is 9.13 Å². The fraction of sp³-hybridized carbons (Fsp3) is 0.538. The van der Waals surface area contributed by atoms with Gasteiger partial charge in [-0.15, -0.1) is 0 Å². The van der Waals surface area contributed by atoms with Crippen LogP contribution in [0.4, 0.5) is 10.1 Å². The average Bonchev–Trinajstić information content (AvgIpc) is 2.64. The van der Waals surface area contributed by atoms with Gasteiger partial charge in [0.2, 0.25) is 0 Å². The molecule has 1 aliphatic rings. The number of nitrogens with two attached hydrogens (primary N) is 1. The van der Waals surface area contributed by atoms with E-state index < -0.39 is 0 Å². The minimum atomic E-state index is -0.257. The summed E-state index contributed by atoms with van der Waals surface area (Å²) in [6.07, 6.45) is 1.15. The zero-order chi connectivity index (χ0) is 12.3. The first kappa shape index (κ1) is 12.3. The van der Waals surface area contributed by atoms with E-state index in [0.717, 1.165) is 38.2 Å². The molecule has 0 saturated carbocycles. The second-order valence-corrected chi connectivity index (χ2v) is 4.74. The Morgan fingerprint density at radius 3 is 3.00 bits per heavy atom. The summed E-state index contributed by atoms with van der Waals surface area (Å²) in [4.78, 5) is 2.32. The van der Waals surface area contributed by atoms with Crippen molar-refractivity contribution in [3.63, 3.8) is 0 Å². The Kier molecular flexibility index (Phi) is 3.97. The highest BCUT2D eigenvalue weighted by Crippen LogP contribution is 2.20. The van der Waals surface area contributed by atoms with Crippen molar-refractivity contribution in [2.75, 3.05) is 32.5 Å². The van der Waals surface area contributed by atoms with E-state index in [2.05, 4.69) is 4.90 Å². The maximum absolute atomic E-state index is 13.2. The van der Waals surface area contributed by atoms with E-state index in [9.17, 15) is 4.39 Å². The molecule has 3 nitrogen and oxygen atoms in total. The smallest absolute Gasteiger partial charge is 0.125 e. The standard InChI is InChI=1S/C13H19FN2O/c1-17-9-10-2-3-16(7-10)8-11-4-12(14)6-13(15)5-11/h4-6,10H,2-3,7-9,15H2,1H3. The Balaban J connectivity index is 1.93. The van der Waals surface area contributed by atoms with Gasteiger partial charge < -0.3 is 10.5 Å². The van der Waals surface area contributed by atoms with Crippen molar-refractivity contribution in [2.24, 2.45) is 5.92 Å². The summed E-state index contributed by atoms with van der Waals surface area (Å²) >= 11 is 0. The highest BCUT2D eigenvalue weighted by molar-refractivity contribution is 5.41. The third kappa shape index (κ3) is 3.41. The summed E-state index contributed by atoms with van der Waals surface area (Å²) in [7, 11) is 1.73. The van der Waals surface area contributed by atoms with Crippen LogP contribution >= 0.6 is 0 Å². The van der Waals surface area contributed by atoms with Gasteiger partial charge in [0, 0.05) is 25.9 Å². The molecule has 1 aliphatic heterocycles. The van der Waals surface area contributed by atoms with Gasteiger partial charge >= 0.3 is 0 Å². The van der Waals surface area contributed by atoms with E-state index in [4.69, 9.17) is 10.5 Å². The minimum absolute atomic E-state index is 0.257. The van der Waals surface area contributed by atoms with Crippen LogP contribution in [0.5, 0.6) is 0 Å². The molecular weight excluding hydrogens is 219 g/mol. The highest BCUT2D eigenvalue weighted by atomic mass is 19.1. The molecule has 0 aromatic heterocycles. The highest BCUT2D eigenvalue weighted by Gasteiger charge is 2.22. The third-order valence-corrected chi connectivity index (χ3v) is 3.16. The zero-order valence-corrected chi connectivity index (χ0v) is 10.2. The molecule has 1 atom stereocenters. The number of ether oxygens (including phenoxy) is 1. The molecule has 2 N–H and O–H groups in total. The lowest BCUT2D eigenvalue weighted by Gasteiger charge is -2.16. The number of rotatable bonds is 4. The molecule has 2 rings (SSSR count). The van der Waals surface area contributed by atoms with Crippen LogP contribution in [-0.2, 0) is 11.3 Å². The molecule has 0 radical (unpaired) electrons. The van der Waals surface area contributed by atoms with Crippen LogP contribution in [0.2, 0.25) is 0 Å². The monoisotopic (exact) mass is 238 g/mol. The largest absolute Gasteiger partial charge is 0.399 e. The summed E-state index contributed by atoms with van der Waals surface area (Å²) in [5.74, 6) is 0.346. The van der Waals surface area contributed by atoms with Gasteiger partial charge in [0.25, 0.3) is 0 Å². The van der Waals surface area contributed by atoms with Crippen molar-refractivity contribution >= 4 is 5.69 Å². The summed E-state index contributed by atoms with van der Waals surface area (Å²) in [5.41, 5.74) is 7.07. The number of likely N-dealkylation sites (tertiary alicyclic amines) is 1. The average molecular weight is 238 g/mol. The second-order valence-electron chi connectivity index (χ2n) is 4.74. The number of hydrogen-bond acceptors (Lipinski definition) is 3. The minimum Gasteiger partial charge on any atom is -0.399 e. The third-order valence-electron chi connectivity index (χ3n) is 3.16. The first-order valence-corrected chi connectivity index (χ1v) is 5.93. The second kappa shape index (κ2) is 5.47. The molecule has 1 aromatic carbocycles. The van der Waals surface area contributed by atoms with Crippen molar-refractivity contribution in [3.05, 3.63) is 29.6 Å². The molecule has 17 heavy (non-hydrogen) atoms. The number of halogens is 1. The SMILES string of the molecule is COCC1CCN(Cc2cc(N)cc(F)c2)C1. The number of benzene rings is 1. The Morgan fingerprint density at radius 1 is 1.47 bits per heavy atom. The maximum atomic E-state index is 13.2. The van der Waals surface area contributed by atoms with Crippen molar-refractivity contribution in [3.8, 4) is 0 Å². The van der Waals surface area contributed by atoms with E-state index in [-0.39, 0.29) is 5.82 Å². The molecule has 0 spiro atoms. The molecule has 1 fully saturated rings.